The molecule has 3 rings (SSSR count). The Morgan fingerprint density at radius 3 is 2.50 bits per heavy atom. The van der Waals surface area contributed by atoms with Crippen LogP contribution in [0.1, 0.15) is 55.3 Å². The maximum absolute atomic E-state index is 13.6. The number of nitrogens with zero attached hydrogens (tertiary/aromatic N) is 2. The molecular formula is C16H21FN2O. The van der Waals surface area contributed by atoms with Gasteiger partial charge in [0.1, 0.15) is 0 Å². The molecule has 0 radical (unpaired) electrons. The Bertz CT molecular complexity index is 487. The molecule has 2 heterocycles. The van der Waals surface area contributed by atoms with Gasteiger partial charge >= 0.3 is 0 Å². The van der Waals surface area contributed by atoms with Crippen LogP contribution in [0.4, 0.5) is 4.39 Å². The van der Waals surface area contributed by atoms with Crippen molar-refractivity contribution in [1.29, 1.82) is 0 Å². The minimum Gasteiger partial charge on any atom is -0.339 e. The van der Waals surface area contributed by atoms with Crippen molar-refractivity contribution in [1.82, 2.24) is 9.88 Å². The lowest BCUT2D eigenvalue weighted by Crippen LogP contribution is -2.44. The van der Waals surface area contributed by atoms with Crippen LogP contribution in [0.5, 0.6) is 0 Å². The van der Waals surface area contributed by atoms with Crippen LogP contribution in [0.15, 0.2) is 18.5 Å². The SMILES string of the molecule is O=C(c1ccncc1F)N1CCC2(CCCCC2)CC1. The predicted molar refractivity (Wildman–Crippen MR) is 74.9 cm³/mol. The Balaban J connectivity index is 1.66. The van der Waals surface area contributed by atoms with Gasteiger partial charge in [0.15, 0.2) is 5.82 Å². The molecule has 0 bridgehead atoms. The molecule has 4 heteroatoms. The highest BCUT2D eigenvalue weighted by Gasteiger charge is 2.37. The van der Waals surface area contributed by atoms with E-state index in [0.29, 0.717) is 5.41 Å². The van der Waals surface area contributed by atoms with Gasteiger partial charge in [-0.3, -0.25) is 9.78 Å². The van der Waals surface area contributed by atoms with Crippen LogP contribution in [0.25, 0.3) is 0 Å². The Kier molecular flexibility index (Phi) is 3.72. The lowest BCUT2D eigenvalue weighted by atomic mass is 9.68. The van der Waals surface area contributed by atoms with Crippen molar-refractivity contribution in [3.63, 3.8) is 0 Å². The van der Waals surface area contributed by atoms with Gasteiger partial charge in [-0.1, -0.05) is 19.3 Å². The zero-order valence-electron chi connectivity index (χ0n) is 11.8. The van der Waals surface area contributed by atoms with E-state index in [1.165, 1.54) is 44.4 Å². The summed E-state index contributed by atoms with van der Waals surface area (Å²) in [5.41, 5.74) is 0.617. The Hall–Kier alpha value is -1.45. The van der Waals surface area contributed by atoms with E-state index in [4.69, 9.17) is 0 Å². The minimum atomic E-state index is -0.518. The number of pyridine rings is 1. The Morgan fingerprint density at radius 2 is 1.85 bits per heavy atom. The zero-order chi connectivity index (χ0) is 14.0. The average molecular weight is 276 g/mol. The second-order valence-electron chi connectivity index (χ2n) is 6.21. The molecule has 1 spiro atoms. The van der Waals surface area contributed by atoms with E-state index in [1.807, 2.05) is 0 Å². The van der Waals surface area contributed by atoms with Gasteiger partial charge in [0.2, 0.25) is 0 Å². The molecule has 3 nitrogen and oxygen atoms in total. The number of halogens is 1. The van der Waals surface area contributed by atoms with Gasteiger partial charge in [-0.05, 0) is 37.2 Å². The molecule has 0 unspecified atom stereocenters. The van der Waals surface area contributed by atoms with E-state index in [-0.39, 0.29) is 11.5 Å². The largest absolute Gasteiger partial charge is 0.339 e. The van der Waals surface area contributed by atoms with Crippen molar-refractivity contribution in [2.45, 2.75) is 44.9 Å². The van der Waals surface area contributed by atoms with Crippen LogP contribution in [0, 0.1) is 11.2 Å². The second-order valence-corrected chi connectivity index (χ2v) is 6.21. The van der Waals surface area contributed by atoms with Crippen LogP contribution in [0.2, 0.25) is 0 Å². The van der Waals surface area contributed by atoms with Crippen LogP contribution in [-0.4, -0.2) is 28.9 Å². The molecule has 1 saturated heterocycles. The fraction of sp³-hybridized carbons (Fsp3) is 0.625. The third-order valence-corrected chi connectivity index (χ3v) is 5.03. The van der Waals surface area contributed by atoms with E-state index in [9.17, 15) is 9.18 Å². The van der Waals surface area contributed by atoms with E-state index in [2.05, 4.69) is 4.98 Å². The molecule has 2 fully saturated rings. The number of aromatic nitrogens is 1. The summed E-state index contributed by atoms with van der Waals surface area (Å²) in [6.45, 7) is 1.53. The first-order valence-corrected chi connectivity index (χ1v) is 7.59. The number of piperidine rings is 1. The van der Waals surface area contributed by atoms with Crippen molar-refractivity contribution >= 4 is 5.91 Å². The first-order valence-electron chi connectivity index (χ1n) is 7.59. The van der Waals surface area contributed by atoms with Gasteiger partial charge in [-0.2, -0.15) is 0 Å². The average Bonchev–Trinajstić information content (AvgIpc) is 2.49. The highest BCUT2D eigenvalue weighted by Crippen LogP contribution is 2.44. The van der Waals surface area contributed by atoms with Crippen molar-refractivity contribution < 1.29 is 9.18 Å². The van der Waals surface area contributed by atoms with Crippen LogP contribution in [0.3, 0.4) is 0 Å². The lowest BCUT2D eigenvalue weighted by Gasteiger charge is -2.44. The molecular weight excluding hydrogens is 255 g/mol. The summed E-state index contributed by atoms with van der Waals surface area (Å²) in [6, 6.07) is 1.47. The van der Waals surface area contributed by atoms with Gasteiger partial charge in [0.05, 0.1) is 11.8 Å². The summed E-state index contributed by atoms with van der Waals surface area (Å²) >= 11 is 0. The predicted octanol–water partition coefficient (Wildman–Crippen LogP) is 3.41. The maximum Gasteiger partial charge on any atom is 0.256 e. The third-order valence-electron chi connectivity index (χ3n) is 5.03. The fourth-order valence-electron chi connectivity index (χ4n) is 3.70. The molecule has 0 N–H and O–H groups in total. The van der Waals surface area contributed by atoms with Crippen molar-refractivity contribution in [2.24, 2.45) is 5.41 Å². The number of amides is 1. The van der Waals surface area contributed by atoms with Crippen LogP contribution >= 0.6 is 0 Å². The Morgan fingerprint density at radius 1 is 1.15 bits per heavy atom. The molecule has 1 amide bonds. The normalized spacial score (nSPS) is 21.9. The van der Waals surface area contributed by atoms with E-state index in [0.717, 1.165) is 32.1 Å². The summed E-state index contributed by atoms with van der Waals surface area (Å²) in [6.07, 6.45) is 11.4. The number of hydrogen-bond donors (Lipinski definition) is 0. The zero-order valence-corrected chi connectivity index (χ0v) is 11.8. The molecule has 1 aromatic heterocycles. The first-order chi connectivity index (χ1) is 9.70. The molecule has 108 valence electrons. The van der Waals surface area contributed by atoms with E-state index in [1.54, 1.807) is 4.90 Å². The number of hydrogen-bond acceptors (Lipinski definition) is 2. The number of carbonyl (C=O) groups excluding carboxylic acids is 1. The van der Waals surface area contributed by atoms with Crippen molar-refractivity contribution in [3.05, 3.63) is 29.8 Å². The fourth-order valence-corrected chi connectivity index (χ4v) is 3.70. The maximum atomic E-state index is 13.6. The van der Waals surface area contributed by atoms with Crippen LogP contribution < -0.4 is 0 Å². The standard InChI is InChI=1S/C16H21FN2O/c17-14-12-18-9-4-13(14)15(20)19-10-7-16(8-11-19)5-2-1-3-6-16/h4,9,12H,1-3,5-8,10-11H2. The summed E-state index contributed by atoms with van der Waals surface area (Å²) in [7, 11) is 0. The van der Waals surface area contributed by atoms with Gasteiger partial charge in [-0.25, -0.2) is 4.39 Å². The number of likely N-dealkylation sites (tertiary alicyclic amines) is 1. The molecule has 2 aliphatic rings. The molecule has 1 saturated carbocycles. The minimum absolute atomic E-state index is 0.152. The van der Waals surface area contributed by atoms with Crippen molar-refractivity contribution in [2.75, 3.05) is 13.1 Å². The van der Waals surface area contributed by atoms with E-state index >= 15 is 0 Å². The molecule has 20 heavy (non-hydrogen) atoms. The molecule has 1 aliphatic carbocycles. The molecule has 0 aromatic carbocycles. The Labute approximate surface area is 119 Å². The molecule has 1 aliphatic heterocycles. The third kappa shape index (κ3) is 2.56. The van der Waals surface area contributed by atoms with Crippen molar-refractivity contribution in [3.8, 4) is 0 Å². The van der Waals surface area contributed by atoms with Gasteiger partial charge in [-0.15, -0.1) is 0 Å². The van der Waals surface area contributed by atoms with E-state index < -0.39 is 5.82 Å². The van der Waals surface area contributed by atoms with Gasteiger partial charge < -0.3 is 4.90 Å². The van der Waals surface area contributed by atoms with Gasteiger partial charge in [0, 0.05) is 19.3 Å². The first kappa shape index (κ1) is 13.5. The monoisotopic (exact) mass is 276 g/mol. The highest BCUT2D eigenvalue weighted by atomic mass is 19.1. The summed E-state index contributed by atoms with van der Waals surface area (Å²) in [5.74, 6) is -0.703. The summed E-state index contributed by atoms with van der Waals surface area (Å²) in [5, 5.41) is 0. The molecule has 0 atom stereocenters. The quantitative estimate of drug-likeness (QED) is 0.787. The van der Waals surface area contributed by atoms with Crippen LogP contribution in [-0.2, 0) is 0 Å². The highest BCUT2D eigenvalue weighted by molar-refractivity contribution is 5.94. The summed E-state index contributed by atoms with van der Waals surface area (Å²) in [4.78, 5) is 17.8. The molecule has 1 aromatic rings. The summed E-state index contributed by atoms with van der Waals surface area (Å²) < 4.78 is 13.6. The van der Waals surface area contributed by atoms with Gasteiger partial charge in [0.25, 0.3) is 5.91 Å². The smallest absolute Gasteiger partial charge is 0.256 e. The second kappa shape index (κ2) is 5.51. The topological polar surface area (TPSA) is 33.2 Å². The lowest BCUT2D eigenvalue weighted by molar-refractivity contribution is 0.0468. The number of rotatable bonds is 1. The number of carbonyl (C=O) groups is 1.